The molecule has 0 amide bonds. The van der Waals surface area contributed by atoms with Crippen molar-refractivity contribution in [3.63, 3.8) is 0 Å². The topological polar surface area (TPSA) is 71.7 Å². The third-order valence-corrected chi connectivity index (χ3v) is 3.33. The molecule has 20 heavy (non-hydrogen) atoms. The monoisotopic (exact) mass is 268 g/mol. The van der Waals surface area contributed by atoms with E-state index in [0.717, 1.165) is 12.0 Å². The lowest BCUT2D eigenvalue weighted by Gasteiger charge is -2.05. The number of hydrogen-bond donors (Lipinski definition) is 1. The van der Waals surface area contributed by atoms with E-state index in [1.54, 1.807) is 0 Å². The fourth-order valence-corrected chi connectivity index (χ4v) is 2.20. The zero-order chi connectivity index (χ0) is 14.3. The molecule has 2 aromatic heterocycles. The number of aromatic carboxylic acids is 1. The van der Waals surface area contributed by atoms with Crippen molar-refractivity contribution in [2.24, 2.45) is 0 Å². The average Bonchev–Trinajstić information content (AvgIpc) is 2.47. The number of hydrogen-bond acceptors (Lipinski definition) is 3. The number of pyridine rings is 1. The summed E-state index contributed by atoms with van der Waals surface area (Å²) in [5.74, 6) is -1.07. The molecule has 1 N–H and O–H groups in total. The summed E-state index contributed by atoms with van der Waals surface area (Å²) in [7, 11) is 0. The fourth-order valence-electron chi connectivity index (χ4n) is 2.20. The first kappa shape index (κ1) is 12.3. The van der Waals surface area contributed by atoms with Gasteiger partial charge in [0.15, 0.2) is 0 Å². The third kappa shape index (κ3) is 1.84. The average molecular weight is 268 g/mol. The Hall–Kier alpha value is -2.69. The molecule has 0 bridgehead atoms. The van der Waals surface area contributed by atoms with Gasteiger partial charge in [0.05, 0.1) is 16.5 Å². The lowest BCUT2D eigenvalue weighted by Crippen LogP contribution is -2.16. The number of benzene rings is 1. The second-order valence-corrected chi connectivity index (χ2v) is 4.57. The Labute approximate surface area is 114 Å². The van der Waals surface area contributed by atoms with Crippen LogP contribution in [0.4, 0.5) is 0 Å². The van der Waals surface area contributed by atoms with Gasteiger partial charge in [-0.15, -0.1) is 0 Å². The smallest absolute Gasteiger partial charge is 0.337 e. The lowest BCUT2D eigenvalue weighted by molar-refractivity contribution is 0.0696. The predicted octanol–water partition coefficient (Wildman–Crippen LogP) is 2.11. The van der Waals surface area contributed by atoms with Crippen LogP contribution in [0.3, 0.4) is 0 Å². The zero-order valence-electron chi connectivity index (χ0n) is 10.8. The van der Waals surface area contributed by atoms with E-state index < -0.39 is 5.97 Å². The van der Waals surface area contributed by atoms with Gasteiger partial charge in [0, 0.05) is 6.20 Å². The highest BCUT2D eigenvalue weighted by Gasteiger charge is 2.09. The van der Waals surface area contributed by atoms with Gasteiger partial charge < -0.3 is 5.11 Å². The van der Waals surface area contributed by atoms with E-state index in [4.69, 9.17) is 5.11 Å². The Bertz CT molecular complexity index is 897. The first-order valence-corrected chi connectivity index (χ1v) is 6.28. The molecule has 3 rings (SSSR count). The normalized spacial score (nSPS) is 11.1. The minimum absolute atomic E-state index is 0.0624. The quantitative estimate of drug-likeness (QED) is 0.722. The maximum Gasteiger partial charge on any atom is 0.337 e. The van der Waals surface area contributed by atoms with Crippen LogP contribution in [-0.2, 0) is 6.42 Å². The van der Waals surface area contributed by atoms with Crippen molar-refractivity contribution in [2.45, 2.75) is 13.3 Å². The molecular weight excluding hydrogens is 256 g/mol. The molecule has 0 radical (unpaired) electrons. The van der Waals surface area contributed by atoms with Crippen molar-refractivity contribution in [3.8, 4) is 0 Å². The van der Waals surface area contributed by atoms with Gasteiger partial charge in [-0.1, -0.05) is 13.0 Å². The van der Waals surface area contributed by atoms with Crippen molar-refractivity contribution in [1.82, 2.24) is 9.38 Å². The van der Waals surface area contributed by atoms with Crippen molar-refractivity contribution < 1.29 is 9.90 Å². The lowest BCUT2D eigenvalue weighted by atomic mass is 10.1. The van der Waals surface area contributed by atoms with E-state index in [2.05, 4.69) is 4.98 Å². The van der Waals surface area contributed by atoms with E-state index in [1.807, 2.05) is 25.1 Å². The number of carboxylic acid groups (broad SMARTS) is 1. The number of nitrogens with zero attached hydrogens (tertiary/aromatic N) is 2. The van der Waals surface area contributed by atoms with Gasteiger partial charge in [-0.25, -0.2) is 9.78 Å². The van der Waals surface area contributed by atoms with Crippen LogP contribution in [0, 0.1) is 0 Å². The first-order valence-electron chi connectivity index (χ1n) is 6.28. The van der Waals surface area contributed by atoms with Gasteiger partial charge in [-0.2, -0.15) is 0 Å². The molecule has 0 aliphatic heterocycles. The molecule has 0 aliphatic rings. The van der Waals surface area contributed by atoms with Gasteiger partial charge >= 0.3 is 5.97 Å². The molecule has 0 spiro atoms. The van der Waals surface area contributed by atoms with Crippen LogP contribution in [0.5, 0.6) is 0 Å². The number of carboxylic acids is 1. The van der Waals surface area contributed by atoms with Crippen LogP contribution in [-0.4, -0.2) is 20.5 Å². The summed E-state index contributed by atoms with van der Waals surface area (Å²) in [6.45, 7) is 2.01. The molecule has 0 fully saturated rings. The molecule has 0 aliphatic carbocycles. The van der Waals surface area contributed by atoms with E-state index in [-0.39, 0.29) is 11.1 Å². The molecule has 3 aromatic rings. The summed E-state index contributed by atoms with van der Waals surface area (Å²) in [5.41, 5.74) is 1.92. The summed E-state index contributed by atoms with van der Waals surface area (Å²) in [5, 5.41) is 9.50. The van der Waals surface area contributed by atoms with Crippen LogP contribution in [0.25, 0.3) is 16.6 Å². The van der Waals surface area contributed by atoms with Gasteiger partial charge in [-0.3, -0.25) is 9.20 Å². The summed E-state index contributed by atoms with van der Waals surface area (Å²) in [6.07, 6.45) is 2.14. The molecule has 0 saturated carbocycles. The van der Waals surface area contributed by atoms with E-state index in [0.29, 0.717) is 16.6 Å². The molecule has 0 saturated heterocycles. The molecule has 1 aromatic carbocycles. The van der Waals surface area contributed by atoms with Gasteiger partial charge in [0.1, 0.15) is 5.65 Å². The van der Waals surface area contributed by atoms with Crippen molar-refractivity contribution in [2.75, 3.05) is 0 Å². The van der Waals surface area contributed by atoms with Crippen LogP contribution in [0.1, 0.15) is 22.8 Å². The van der Waals surface area contributed by atoms with Gasteiger partial charge in [-0.05, 0) is 36.2 Å². The Balaban J connectivity index is 2.42. The fraction of sp³-hybridized carbons (Fsp3) is 0.133. The molecule has 0 unspecified atom stereocenters. The minimum Gasteiger partial charge on any atom is -0.478 e. The predicted molar refractivity (Wildman–Crippen MR) is 75.3 cm³/mol. The van der Waals surface area contributed by atoms with Gasteiger partial charge in [0.2, 0.25) is 0 Å². The SMILES string of the molecule is CCc1ccc2nc3ccc(C(=O)O)cn3c(=O)c2c1. The standard InChI is InChI=1S/C15H12N2O3/c1-2-9-3-5-12-11(7-9)14(18)17-8-10(15(19)20)4-6-13(17)16-12/h3-8H,2H2,1H3,(H,19,20). The summed E-state index contributed by atoms with van der Waals surface area (Å²) >= 11 is 0. The number of aromatic nitrogens is 2. The maximum atomic E-state index is 12.5. The largest absolute Gasteiger partial charge is 0.478 e. The number of rotatable bonds is 2. The van der Waals surface area contributed by atoms with Crippen molar-refractivity contribution in [3.05, 3.63) is 58.0 Å². The minimum atomic E-state index is -1.07. The van der Waals surface area contributed by atoms with Crippen LogP contribution < -0.4 is 5.56 Å². The van der Waals surface area contributed by atoms with Crippen LogP contribution in [0.2, 0.25) is 0 Å². The van der Waals surface area contributed by atoms with Crippen molar-refractivity contribution >= 4 is 22.5 Å². The Morgan fingerprint density at radius 1 is 1.30 bits per heavy atom. The van der Waals surface area contributed by atoms with E-state index in [1.165, 1.54) is 22.7 Å². The third-order valence-electron chi connectivity index (χ3n) is 3.33. The molecule has 100 valence electrons. The second-order valence-electron chi connectivity index (χ2n) is 4.57. The molecule has 5 nitrogen and oxygen atoms in total. The summed E-state index contributed by atoms with van der Waals surface area (Å²) in [6, 6.07) is 8.55. The number of aryl methyl sites for hydroxylation is 1. The highest BCUT2D eigenvalue weighted by Crippen LogP contribution is 2.13. The summed E-state index contributed by atoms with van der Waals surface area (Å²) in [4.78, 5) is 27.8. The number of carbonyl (C=O) groups is 1. The first-order chi connectivity index (χ1) is 9.60. The second kappa shape index (κ2) is 4.45. The van der Waals surface area contributed by atoms with Gasteiger partial charge in [0.25, 0.3) is 5.56 Å². The Morgan fingerprint density at radius 3 is 2.80 bits per heavy atom. The van der Waals surface area contributed by atoms with E-state index in [9.17, 15) is 9.59 Å². The molecule has 0 atom stereocenters. The van der Waals surface area contributed by atoms with E-state index >= 15 is 0 Å². The molecule has 5 heteroatoms. The zero-order valence-corrected chi connectivity index (χ0v) is 10.8. The highest BCUT2D eigenvalue weighted by atomic mass is 16.4. The maximum absolute atomic E-state index is 12.5. The van der Waals surface area contributed by atoms with Crippen LogP contribution >= 0.6 is 0 Å². The Kier molecular flexibility index (Phi) is 2.75. The summed E-state index contributed by atoms with van der Waals surface area (Å²) < 4.78 is 1.28. The highest BCUT2D eigenvalue weighted by molar-refractivity contribution is 5.88. The molecular formula is C15H12N2O3. The Morgan fingerprint density at radius 2 is 2.10 bits per heavy atom. The molecule has 2 heterocycles. The van der Waals surface area contributed by atoms with Crippen molar-refractivity contribution in [1.29, 1.82) is 0 Å². The number of fused-ring (bicyclic) bond motifs is 2. The van der Waals surface area contributed by atoms with Crippen LogP contribution in [0.15, 0.2) is 41.3 Å².